The van der Waals surface area contributed by atoms with Crippen LogP contribution in [0.1, 0.15) is 78.6 Å². The van der Waals surface area contributed by atoms with E-state index in [1.54, 1.807) is 0 Å². The Bertz CT molecular complexity index is 1280. The lowest BCUT2D eigenvalue weighted by molar-refractivity contribution is -0.217. The molecule has 9 atom stereocenters. The predicted molar refractivity (Wildman–Crippen MR) is 143 cm³/mol. The van der Waals surface area contributed by atoms with Crippen LogP contribution in [-0.4, -0.2) is 66.9 Å². The van der Waals surface area contributed by atoms with E-state index in [-0.39, 0.29) is 77.5 Å². The van der Waals surface area contributed by atoms with Crippen LogP contribution in [0.2, 0.25) is 0 Å². The Hall–Kier alpha value is -2.35. The van der Waals surface area contributed by atoms with E-state index < -0.39 is 52.1 Å². The zero-order valence-electron chi connectivity index (χ0n) is 24.5. The fraction of sp³-hybridized carbons (Fsp3) is 0.828. The van der Waals surface area contributed by atoms with Gasteiger partial charge in [0.05, 0.1) is 0 Å². The molecule has 0 saturated heterocycles. The molecular formula is C29H39F3O10S. The molecule has 242 valence electrons. The van der Waals surface area contributed by atoms with E-state index in [1.807, 2.05) is 13.8 Å². The zero-order valence-corrected chi connectivity index (χ0v) is 25.3. The largest absolute Gasteiger partial charge is 0.454 e. The van der Waals surface area contributed by atoms with Gasteiger partial charge in [-0.2, -0.15) is 21.6 Å². The first-order chi connectivity index (χ1) is 19.8. The molecule has 10 nitrogen and oxygen atoms in total. The highest BCUT2D eigenvalue weighted by molar-refractivity contribution is 7.85. The number of esters is 2. The smallest absolute Gasteiger partial charge is 0.426 e. The van der Waals surface area contributed by atoms with Crippen molar-refractivity contribution in [3.63, 3.8) is 0 Å². The van der Waals surface area contributed by atoms with Crippen LogP contribution in [0.25, 0.3) is 0 Å². The first-order valence-corrected chi connectivity index (χ1v) is 16.3. The summed E-state index contributed by atoms with van der Waals surface area (Å²) >= 11 is 0. The second kappa shape index (κ2) is 11.9. The van der Waals surface area contributed by atoms with Gasteiger partial charge in [-0.05, 0) is 60.7 Å². The summed E-state index contributed by atoms with van der Waals surface area (Å²) in [5, 5.41) is 0. The van der Waals surface area contributed by atoms with Crippen LogP contribution in [0, 0.1) is 46.3 Å². The second-order valence-corrected chi connectivity index (χ2v) is 14.9. The monoisotopic (exact) mass is 636 g/mol. The SMILES string of the molecule is C[C@H](CCC(=O)OCC(=O)OC(CS(=O)(=O)O)C(F)(F)F)[C@H]1CC[C@H]2[C@@H]3C(=O)C[C@@H]4CC(=O)CC[C@]4(C)[C@H]3CC(=O)[C@]12C. The highest BCUT2D eigenvalue weighted by Crippen LogP contribution is 2.66. The Balaban J connectivity index is 1.34. The summed E-state index contributed by atoms with van der Waals surface area (Å²) in [6, 6.07) is 0. The summed E-state index contributed by atoms with van der Waals surface area (Å²) in [5.74, 6) is -4.72. The van der Waals surface area contributed by atoms with Crippen LogP contribution in [0.3, 0.4) is 0 Å². The molecule has 4 fully saturated rings. The minimum absolute atomic E-state index is 0.0267. The third-order valence-corrected chi connectivity index (χ3v) is 11.8. The fourth-order valence-corrected chi connectivity index (χ4v) is 9.37. The first-order valence-electron chi connectivity index (χ1n) is 14.7. The number of halogens is 3. The lowest BCUT2D eigenvalue weighted by Gasteiger charge is -2.58. The summed E-state index contributed by atoms with van der Waals surface area (Å²) in [5.41, 5.74) is -0.984. The van der Waals surface area contributed by atoms with Gasteiger partial charge in [-0.15, -0.1) is 0 Å². The number of rotatable bonds is 9. The molecule has 1 N–H and O–H groups in total. The predicted octanol–water partition coefficient (Wildman–Crippen LogP) is 3.89. The Labute approximate surface area is 248 Å². The average molecular weight is 637 g/mol. The van der Waals surface area contributed by atoms with Gasteiger partial charge in [0.1, 0.15) is 23.1 Å². The normalized spacial score (nSPS) is 35.8. The third-order valence-electron chi connectivity index (χ3n) is 11.1. The van der Waals surface area contributed by atoms with Crippen LogP contribution in [0.5, 0.6) is 0 Å². The van der Waals surface area contributed by atoms with Crippen molar-refractivity contribution in [1.82, 2.24) is 0 Å². The maximum atomic E-state index is 13.9. The van der Waals surface area contributed by atoms with Crippen LogP contribution < -0.4 is 0 Å². The molecule has 0 aromatic heterocycles. The number of hydrogen-bond donors (Lipinski definition) is 1. The maximum absolute atomic E-state index is 13.9. The van der Waals surface area contributed by atoms with E-state index in [2.05, 4.69) is 11.7 Å². The van der Waals surface area contributed by atoms with E-state index in [4.69, 9.17) is 9.29 Å². The van der Waals surface area contributed by atoms with Gasteiger partial charge in [0.15, 0.2) is 6.61 Å². The molecule has 0 aliphatic heterocycles. The van der Waals surface area contributed by atoms with Gasteiger partial charge in [0.2, 0.25) is 6.10 Å². The van der Waals surface area contributed by atoms with Crippen molar-refractivity contribution in [3.8, 4) is 0 Å². The number of ketones is 3. The van der Waals surface area contributed by atoms with Gasteiger partial charge < -0.3 is 9.47 Å². The highest BCUT2D eigenvalue weighted by atomic mass is 32.2. The summed E-state index contributed by atoms with van der Waals surface area (Å²) in [6.45, 7) is 4.78. The Morgan fingerprint density at radius 2 is 1.72 bits per heavy atom. The summed E-state index contributed by atoms with van der Waals surface area (Å²) in [4.78, 5) is 63.6. The van der Waals surface area contributed by atoms with Gasteiger partial charge in [-0.25, -0.2) is 4.79 Å². The Kier molecular flexibility index (Phi) is 9.26. The average Bonchev–Trinajstić information content (AvgIpc) is 3.24. The summed E-state index contributed by atoms with van der Waals surface area (Å²) in [6.07, 6.45) is -4.72. The molecule has 4 aliphatic carbocycles. The number of ether oxygens (including phenoxy) is 2. The molecule has 0 spiro atoms. The van der Waals surface area contributed by atoms with E-state index in [0.717, 1.165) is 0 Å². The molecule has 0 heterocycles. The molecule has 4 rings (SSSR count). The van der Waals surface area contributed by atoms with Crippen molar-refractivity contribution in [3.05, 3.63) is 0 Å². The lowest BCUT2D eigenvalue weighted by atomic mass is 9.44. The number of fused-ring (bicyclic) bond motifs is 5. The Morgan fingerprint density at radius 3 is 2.35 bits per heavy atom. The number of alkyl halides is 3. The molecule has 0 bridgehead atoms. The van der Waals surface area contributed by atoms with Crippen LogP contribution in [-0.2, 0) is 43.6 Å². The molecule has 0 aromatic rings. The van der Waals surface area contributed by atoms with E-state index in [1.165, 1.54) is 0 Å². The minimum atomic E-state index is -5.27. The highest BCUT2D eigenvalue weighted by Gasteiger charge is 2.66. The zero-order chi connectivity index (χ0) is 32.1. The quantitative estimate of drug-likeness (QED) is 0.291. The van der Waals surface area contributed by atoms with Crippen molar-refractivity contribution >= 4 is 39.4 Å². The third kappa shape index (κ3) is 6.69. The molecular weight excluding hydrogens is 597 g/mol. The molecule has 43 heavy (non-hydrogen) atoms. The van der Waals surface area contributed by atoms with Crippen LogP contribution >= 0.6 is 0 Å². The molecule has 4 saturated carbocycles. The first kappa shape index (κ1) is 33.5. The summed E-state index contributed by atoms with van der Waals surface area (Å²) in [7, 11) is -5.11. The molecule has 4 aliphatic rings. The number of carbonyl (C=O) groups excluding carboxylic acids is 5. The van der Waals surface area contributed by atoms with Crippen molar-refractivity contribution in [2.45, 2.75) is 90.8 Å². The van der Waals surface area contributed by atoms with Crippen LogP contribution in [0.4, 0.5) is 13.2 Å². The topological polar surface area (TPSA) is 158 Å². The van der Waals surface area contributed by atoms with Gasteiger partial charge in [-0.3, -0.25) is 23.7 Å². The number of carbonyl (C=O) groups is 5. The standard InChI is InChI=1S/C29H39F3O10S/c1-15(4-7-24(36)41-13-25(37)42-23(29(30,31)32)14-43(38,39)40)18-5-6-19-26-20(12-22(35)28(18,19)3)27(2)9-8-17(33)10-16(27)11-21(26)34/h15-16,18-20,23,26H,4-14H2,1-3H3,(H,38,39,40)/t15-,16+,18-,19+,20+,23?,26+,27+,28-/m1/s1. The van der Waals surface area contributed by atoms with Crippen molar-refractivity contribution in [2.75, 3.05) is 12.4 Å². The maximum Gasteiger partial charge on any atom is 0.426 e. The molecule has 0 aromatic carbocycles. The summed E-state index contributed by atoms with van der Waals surface area (Å²) < 4.78 is 78.0. The van der Waals surface area contributed by atoms with Gasteiger partial charge in [0, 0.05) is 43.4 Å². The molecule has 0 amide bonds. The van der Waals surface area contributed by atoms with Crippen molar-refractivity contribution in [2.24, 2.45) is 46.3 Å². The van der Waals surface area contributed by atoms with E-state index in [9.17, 15) is 45.6 Å². The van der Waals surface area contributed by atoms with Crippen molar-refractivity contribution in [1.29, 1.82) is 0 Å². The minimum Gasteiger partial charge on any atom is -0.454 e. The molecule has 0 radical (unpaired) electrons. The number of Topliss-reactive ketones (excluding diaryl/α,β-unsaturated/α-hetero) is 3. The van der Waals surface area contributed by atoms with E-state index >= 15 is 0 Å². The lowest BCUT2D eigenvalue weighted by Crippen LogP contribution is -2.60. The van der Waals surface area contributed by atoms with Gasteiger partial charge in [0.25, 0.3) is 10.1 Å². The van der Waals surface area contributed by atoms with Crippen molar-refractivity contribution < 1.29 is 59.6 Å². The van der Waals surface area contributed by atoms with E-state index in [0.29, 0.717) is 38.5 Å². The molecule has 14 heteroatoms. The van der Waals surface area contributed by atoms with Crippen LogP contribution in [0.15, 0.2) is 0 Å². The number of hydrogen-bond acceptors (Lipinski definition) is 9. The molecule has 1 unspecified atom stereocenters. The van der Waals surface area contributed by atoms with Gasteiger partial charge >= 0.3 is 18.1 Å². The van der Waals surface area contributed by atoms with Gasteiger partial charge in [-0.1, -0.05) is 20.8 Å². The Morgan fingerprint density at radius 1 is 1.05 bits per heavy atom. The fourth-order valence-electron chi connectivity index (χ4n) is 8.73. The second-order valence-electron chi connectivity index (χ2n) is 13.4.